The summed E-state index contributed by atoms with van der Waals surface area (Å²) in [6.07, 6.45) is -8.75. The van der Waals surface area contributed by atoms with Crippen LogP contribution in [0.1, 0.15) is 33.1 Å². The fraction of sp³-hybridized carbons (Fsp3) is 0.800. The van der Waals surface area contributed by atoms with E-state index in [0.717, 1.165) is 0 Å². The molecule has 0 aromatic heterocycles. The lowest BCUT2D eigenvalue weighted by Crippen LogP contribution is -2.33. The molecule has 0 radical (unpaired) electrons. The Morgan fingerprint density at radius 1 is 1.06 bits per heavy atom. The van der Waals surface area contributed by atoms with Crippen molar-refractivity contribution in [1.29, 1.82) is 0 Å². The minimum atomic E-state index is -5.43. The van der Waals surface area contributed by atoms with Gasteiger partial charge in [-0.25, -0.2) is 8.78 Å². The Balaban J connectivity index is 5.35. The first-order valence-electron chi connectivity index (χ1n) is 5.02. The van der Waals surface area contributed by atoms with Gasteiger partial charge in [0.15, 0.2) is 0 Å². The number of alkyl halides is 5. The van der Waals surface area contributed by atoms with Crippen molar-refractivity contribution in [2.24, 2.45) is 5.92 Å². The number of rotatable bonds is 5. The molecule has 0 spiro atoms. The molecule has 0 aliphatic carbocycles. The molecule has 0 amide bonds. The second-order valence-corrected chi connectivity index (χ2v) is 3.82. The van der Waals surface area contributed by atoms with E-state index in [0.29, 0.717) is 6.42 Å². The van der Waals surface area contributed by atoms with Gasteiger partial charge in [-0.3, -0.25) is 0 Å². The number of unbranched alkanes of at least 4 members (excludes halogenated alkanes) is 1. The van der Waals surface area contributed by atoms with Crippen molar-refractivity contribution in [2.45, 2.75) is 45.2 Å². The molecule has 1 atom stereocenters. The van der Waals surface area contributed by atoms with E-state index in [1.165, 1.54) is 0 Å². The standard InChI is InChI=1S/C10H13F7/c1-3-4-5-6(9(2,13)14)7(8(11)12)10(15,16)17/h6H,3-5H2,1-2H3. The van der Waals surface area contributed by atoms with E-state index in [1.807, 2.05) is 0 Å². The average Bonchev–Trinajstić information content (AvgIpc) is 2.06. The van der Waals surface area contributed by atoms with E-state index in [9.17, 15) is 30.7 Å². The van der Waals surface area contributed by atoms with Crippen molar-refractivity contribution in [3.8, 4) is 0 Å². The summed E-state index contributed by atoms with van der Waals surface area (Å²) >= 11 is 0. The van der Waals surface area contributed by atoms with Gasteiger partial charge in [-0.1, -0.05) is 19.8 Å². The molecule has 0 aliphatic heterocycles. The summed E-state index contributed by atoms with van der Waals surface area (Å²) in [5, 5.41) is 0. The van der Waals surface area contributed by atoms with Gasteiger partial charge in [0.05, 0.1) is 5.92 Å². The van der Waals surface area contributed by atoms with Crippen molar-refractivity contribution in [3.05, 3.63) is 11.7 Å². The molecule has 0 saturated heterocycles. The molecule has 1 unspecified atom stereocenters. The van der Waals surface area contributed by atoms with Gasteiger partial charge in [0.2, 0.25) is 0 Å². The molecule has 0 heterocycles. The molecule has 0 nitrogen and oxygen atoms in total. The van der Waals surface area contributed by atoms with Crippen LogP contribution < -0.4 is 0 Å². The van der Waals surface area contributed by atoms with E-state index in [2.05, 4.69) is 0 Å². The molecule has 17 heavy (non-hydrogen) atoms. The van der Waals surface area contributed by atoms with Gasteiger partial charge in [-0.15, -0.1) is 0 Å². The van der Waals surface area contributed by atoms with E-state index >= 15 is 0 Å². The summed E-state index contributed by atoms with van der Waals surface area (Å²) in [6, 6.07) is 0. The molecule has 102 valence electrons. The Morgan fingerprint density at radius 2 is 1.53 bits per heavy atom. The molecule has 0 aliphatic rings. The third-order valence-electron chi connectivity index (χ3n) is 2.32. The van der Waals surface area contributed by atoms with Gasteiger partial charge in [0, 0.05) is 0 Å². The smallest absolute Gasteiger partial charge is 0.207 e. The molecule has 0 saturated carbocycles. The molecule has 0 N–H and O–H groups in total. The quantitative estimate of drug-likeness (QED) is 0.603. The first kappa shape index (κ1) is 16.2. The third-order valence-corrected chi connectivity index (χ3v) is 2.32. The second kappa shape index (κ2) is 5.73. The first-order chi connectivity index (χ1) is 7.51. The van der Waals surface area contributed by atoms with Crippen LogP contribution in [0.2, 0.25) is 0 Å². The van der Waals surface area contributed by atoms with Gasteiger partial charge in [-0.05, 0) is 13.3 Å². The number of allylic oxidation sites excluding steroid dienone is 1. The molecule has 0 fully saturated rings. The zero-order valence-corrected chi connectivity index (χ0v) is 9.34. The second-order valence-electron chi connectivity index (χ2n) is 3.82. The van der Waals surface area contributed by atoms with Gasteiger partial charge in [-0.2, -0.15) is 22.0 Å². The van der Waals surface area contributed by atoms with Gasteiger partial charge in [0.1, 0.15) is 5.57 Å². The maximum atomic E-state index is 13.0. The van der Waals surface area contributed by atoms with Crippen LogP contribution in [0, 0.1) is 5.92 Å². The molecule has 0 bridgehead atoms. The predicted octanol–water partition coefficient (Wildman–Crippen LogP) is 5.16. The highest BCUT2D eigenvalue weighted by Gasteiger charge is 2.50. The minimum Gasteiger partial charge on any atom is -0.207 e. The first-order valence-corrected chi connectivity index (χ1v) is 5.02. The summed E-state index contributed by atoms with van der Waals surface area (Å²) in [4.78, 5) is 0. The van der Waals surface area contributed by atoms with Crippen molar-refractivity contribution in [1.82, 2.24) is 0 Å². The highest BCUT2D eigenvalue weighted by molar-refractivity contribution is 5.16. The lowest BCUT2D eigenvalue weighted by atomic mass is 9.88. The Hall–Kier alpha value is -0.750. The van der Waals surface area contributed by atoms with E-state index in [4.69, 9.17) is 0 Å². The predicted molar refractivity (Wildman–Crippen MR) is 48.9 cm³/mol. The molecular formula is C10H13F7. The molecular weight excluding hydrogens is 253 g/mol. The van der Waals surface area contributed by atoms with Gasteiger partial charge in [0.25, 0.3) is 12.0 Å². The minimum absolute atomic E-state index is 0.0287. The van der Waals surface area contributed by atoms with Crippen LogP contribution in [-0.4, -0.2) is 12.1 Å². The highest BCUT2D eigenvalue weighted by atomic mass is 19.4. The summed E-state index contributed by atoms with van der Waals surface area (Å²) in [5.74, 6) is -6.32. The Morgan fingerprint density at radius 3 is 1.76 bits per heavy atom. The normalized spacial score (nSPS) is 14.6. The zero-order valence-electron chi connectivity index (χ0n) is 9.34. The van der Waals surface area contributed by atoms with Crippen LogP contribution >= 0.6 is 0 Å². The summed E-state index contributed by atoms with van der Waals surface area (Å²) in [6.45, 7) is 1.80. The van der Waals surface area contributed by atoms with Crippen molar-refractivity contribution >= 4 is 0 Å². The fourth-order valence-electron chi connectivity index (χ4n) is 1.50. The number of halogens is 7. The van der Waals surface area contributed by atoms with Crippen molar-refractivity contribution < 1.29 is 30.7 Å². The van der Waals surface area contributed by atoms with Crippen LogP contribution in [-0.2, 0) is 0 Å². The van der Waals surface area contributed by atoms with Crippen LogP contribution in [0.25, 0.3) is 0 Å². The molecule has 0 aromatic carbocycles. The molecule has 0 aromatic rings. The van der Waals surface area contributed by atoms with Crippen molar-refractivity contribution in [3.63, 3.8) is 0 Å². The number of hydrogen-bond acceptors (Lipinski definition) is 0. The summed E-state index contributed by atoms with van der Waals surface area (Å²) in [5.41, 5.74) is -2.40. The van der Waals surface area contributed by atoms with Crippen LogP contribution in [0.3, 0.4) is 0 Å². The van der Waals surface area contributed by atoms with E-state index in [-0.39, 0.29) is 13.3 Å². The van der Waals surface area contributed by atoms with E-state index < -0.39 is 36.1 Å². The molecule has 7 heteroatoms. The topological polar surface area (TPSA) is 0 Å². The Bertz CT molecular complexity index is 267. The molecule has 0 rings (SSSR count). The van der Waals surface area contributed by atoms with E-state index in [1.54, 1.807) is 6.92 Å². The van der Waals surface area contributed by atoms with Crippen molar-refractivity contribution in [2.75, 3.05) is 0 Å². The fourth-order valence-corrected chi connectivity index (χ4v) is 1.50. The Labute approximate surface area is 94.5 Å². The lowest BCUT2D eigenvalue weighted by Gasteiger charge is -2.26. The van der Waals surface area contributed by atoms with Crippen LogP contribution in [0.15, 0.2) is 11.7 Å². The zero-order chi connectivity index (χ0) is 13.9. The van der Waals surface area contributed by atoms with Gasteiger partial charge < -0.3 is 0 Å². The van der Waals surface area contributed by atoms with Crippen LogP contribution in [0.4, 0.5) is 30.7 Å². The number of hydrogen-bond donors (Lipinski definition) is 0. The largest absolute Gasteiger partial charge is 0.418 e. The van der Waals surface area contributed by atoms with Crippen LogP contribution in [0.5, 0.6) is 0 Å². The summed E-state index contributed by atoms with van der Waals surface area (Å²) in [7, 11) is 0. The lowest BCUT2D eigenvalue weighted by molar-refractivity contribution is -0.126. The summed E-state index contributed by atoms with van der Waals surface area (Å²) < 4.78 is 87.3. The Kier molecular flexibility index (Phi) is 5.48. The third kappa shape index (κ3) is 4.95. The SMILES string of the molecule is CCCCC(C(=C(F)F)C(F)(F)F)C(C)(F)F. The maximum absolute atomic E-state index is 13.0. The monoisotopic (exact) mass is 266 g/mol. The highest BCUT2D eigenvalue weighted by Crippen LogP contribution is 2.44. The maximum Gasteiger partial charge on any atom is 0.418 e. The average molecular weight is 266 g/mol. The van der Waals surface area contributed by atoms with Gasteiger partial charge >= 0.3 is 6.18 Å².